The molecule has 0 aliphatic heterocycles. The second-order valence-electron chi connectivity index (χ2n) is 4.19. The molecule has 2 aromatic rings. The number of urea groups is 1. The zero-order chi connectivity index (χ0) is 16.5. The molecule has 3 amide bonds. The highest BCUT2D eigenvalue weighted by molar-refractivity contribution is 7.99. The molecule has 120 valence electrons. The van der Waals surface area contributed by atoms with Crippen molar-refractivity contribution < 1.29 is 9.59 Å². The van der Waals surface area contributed by atoms with Crippen LogP contribution in [0.25, 0.3) is 12.2 Å². The number of amides is 3. The number of hydrogen-bond acceptors (Lipinski definition) is 6. The van der Waals surface area contributed by atoms with Gasteiger partial charge in [-0.05, 0) is 23.6 Å². The van der Waals surface area contributed by atoms with Crippen LogP contribution in [0.5, 0.6) is 0 Å². The van der Waals surface area contributed by atoms with Crippen LogP contribution < -0.4 is 10.6 Å². The summed E-state index contributed by atoms with van der Waals surface area (Å²) in [6.07, 6.45) is 5.26. The summed E-state index contributed by atoms with van der Waals surface area (Å²) < 4.78 is 0. The maximum Gasteiger partial charge on any atom is 0.321 e. The van der Waals surface area contributed by atoms with Crippen LogP contribution in [0, 0.1) is 0 Å². The van der Waals surface area contributed by atoms with Gasteiger partial charge in [-0.2, -0.15) is 0 Å². The Kier molecular flexibility index (Phi) is 6.57. The second-order valence-corrected chi connectivity index (χ2v) is 6.11. The first-order valence-electron chi connectivity index (χ1n) is 6.62. The molecule has 7 nitrogen and oxygen atoms in total. The monoisotopic (exact) mass is 349 g/mol. The maximum absolute atomic E-state index is 11.6. The number of nitrogens with one attached hydrogen (secondary N) is 3. The maximum atomic E-state index is 11.6. The van der Waals surface area contributed by atoms with Crippen LogP contribution in [0.15, 0.2) is 35.3 Å². The highest BCUT2D eigenvalue weighted by Gasteiger charge is 2.09. The van der Waals surface area contributed by atoms with E-state index in [1.54, 1.807) is 11.3 Å². The Hall–Kier alpha value is -2.39. The third-order valence-corrected chi connectivity index (χ3v) is 4.11. The van der Waals surface area contributed by atoms with Gasteiger partial charge in [0.2, 0.25) is 11.1 Å². The van der Waals surface area contributed by atoms with Crippen molar-refractivity contribution in [3.8, 4) is 0 Å². The number of rotatable bonds is 7. The first kappa shape index (κ1) is 17.0. The second kappa shape index (κ2) is 8.91. The standard InChI is InChI=1S/C14H15N5O2S2/c1-2-7-15-13(21)17-12(20)9-23-14-16-11(18-19-14)6-5-10-4-3-8-22-10/h2-6,8H,1,7,9H2,(H,16,18,19)(H2,15,17,20,21). The SMILES string of the molecule is C=CCNC(=O)NC(=O)CSc1n[nH]c(C=Cc2cccs2)n1. The third-order valence-electron chi connectivity index (χ3n) is 2.42. The van der Waals surface area contributed by atoms with Gasteiger partial charge in [-0.15, -0.1) is 23.0 Å². The van der Waals surface area contributed by atoms with Gasteiger partial charge in [-0.25, -0.2) is 9.78 Å². The molecule has 0 fully saturated rings. The van der Waals surface area contributed by atoms with Crippen molar-refractivity contribution in [1.29, 1.82) is 0 Å². The quantitative estimate of drug-likeness (QED) is 0.525. The van der Waals surface area contributed by atoms with Gasteiger partial charge in [0.05, 0.1) is 5.75 Å². The van der Waals surface area contributed by atoms with E-state index in [9.17, 15) is 9.59 Å². The number of H-pyrrole nitrogens is 1. The first-order valence-corrected chi connectivity index (χ1v) is 8.49. The molecule has 0 aliphatic rings. The number of aromatic nitrogens is 3. The van der Waals surface area contributed by atoms with Crippen LogP contribution in [0.3, 0.4) is 0 Å². The van der Waals surface area contributed by atoms with E-state index in [1.165, 1.54) is 6.08 Å². The fourth-order valence-corrected chi connectivity index (χ4v) is 2.67. The number of aromatic amines is 1. The fourth-order valence-electron chi connectivity index (χ4n) is 1.45. The van der Waals surface area contributed by atoms with Crippen molar-refractivity contribution >= 4 is 47.2 Å². The average Bonchev–Trinajstić information content (AvgIpc) is 3.20. The summed E-state index contributed by atoms with van der Waals surface area (Å²) in [6, 6.07) is 3.41. The molecule has 0 bridgehead atoms. The van der Waals surface area contributed by atoms with E-state index in [4.69, 9.17) is 0 Å². The van der Waals surface area contributed by atoms with E-state index < -0.39 is 11.9 Å². The minimum Gasteiger partial charge on any atom is -0.334 e. The number of carbonyl (C=O) groups excluding carboxylic acids is 2. The van der Waals surface area contributed by atoms with Gasteiger partial charge in [0.15, 0.2) is 0 Å². The highest BCUT2D eigenvalue weighted by atomic mass is 32.2. The molecule has 3 N–H and O–H groups in total. The predicted molar refractivity (Wildman–Crippen MR) is 92.1 cm³/mol. The Morgan fingerprint density at radius 3 is 3.04 bits per heavy atom. The van der Waals surface area contributed by atoms with Gasteiger partial charge in [-0.3, -0.25) is 15.2 Å². The van der Waals surface area contributed by atoms with Crippen LogP contribution in [0.4, 0.5) is 4.79 Å². The van der Waals surface area contributed by atoms with E-state index in [1.807, 2.05) is 29.7 Å². The van der Waals surface area contributed by atoms with E-state index in [0.29, 0.717) is 17.5 Å². The average molecular weight is 349 g/mol. The van der Waals surface area contributed by atoms with Crippen LogP contribution in [-0.2, 0) is 4.79 Å². The van der Waals surface area contributed by atoms with E-state index >= 15 is 0 Å². The minimum absolute atomic E-state index is 0.0490. The zero-order valence-corrected chi connectivity index (χ0v) is 13.7. The molecule has 0 saturated heterocycles. The van der Waals surface area contributed by atoms with Gasteiger partial charge >= 0.3 is 6.03 Å². The molecular formula is C14H15N5O2S2. The molecule has 0 atom stereocenters. The Morgan fingerprint density at radius 1 is 1.43 bits per heavy atom. The van der Waals surface area contributed by atoms with Crippen molar-refractivity contribution in [3.05, 3.63) is 40.9 Å². The Morgan fingerprint density at radius 2 is 2.30 bits per heavy atom. The smallest absolute Gasteiger partial charge is 0.321 e. The number of nitrogens with zero attached hydrogens (tertiary/aromatic N) is 2. The zero-order valence-electron chi connectivity index (χ0n) is 12.1. The van der Waals surface area contributed by atoms with Gasteiger partial charge in [0, 0.05) is 11.4 Å². The summed E-state index contributed by atoms with van der Waals surface area (Å²) in [4.78, 5) is 28.2. The summed E-state index contributed by atoms with van der Waals surface area (Å²) in [5, 5.41) is 13.9. The van der Waals surface area contributed by atoms with Gasteiger partial charge < -0.3 is 5.32 Å². The van der Waals surface area contributed by atoms with Gasteiger partial charge in [0.25, 0.3) is 0 Å². The lowest BCUT2D eigenvalue weighted by molar-refractivity contribution is -0.117. The Balaban J connectivity index is 1.77. The Labute approximate surface area is 141 Å². The molecule has 0 saturated carbocycles. The van der Waals surface area contributed by atoms with Gasteiger partial charge in [-0.1, -0.05) is 23.9 Å². The first-order chi connectivity index (χ1) is 11.2. The summed E-state index contributed by atoms with van der Waals surface area (Å²) >= 11 is 2.76. The van der Waals surface area contributed by atoms with Crippen molar-refractivity contribution in [2.24, 2.45) is 0 Å². The van der Waals surface area contributed by atoms with E-state index in [0.717, 1.165) is 16.6 Å². The molecular weight excluding hydrogens is 334 g/mol. The molecule has 9 heteroatoms. The number of thioether (sulfide) groups is 1. The van der Waals surface area contributed by atoms with Crippen molar-refractivity contribution in [2.45, 2.75) is 5.16 Å². The molecule has 23 heavy (non-hydrogen) atoms. The molecule has 0 aromatic carbocycles. The topological polar surface area (TPSA) is 99.8 Å². The highest BCUT2D eigenvalue weighted by Crippen LogP contribution is 2.14. The van der Waals surface area contributed by atoms with E-state index in [-0.39, 0.29) is 5.75 Å². The molecule has 2 aromatic heterocycles. The van der Waals surface area contributed by atoms with Gasteiger partial charge in [0.1, 0.15) is 5.82 Å². The lowest BCUT2D eigenvalue weighted by Gasteiger charge is -2.03. The van der Waals surface area contributed by atoms with Crippen molar-refractivity contribution in [3.63, 3.8) is 0 Å². The van der Waals surface area contributed by atoms with Crippen molar-refractivity contribution in [1.82, 2.24) is 25.8 Å². The van der Waals surface area contributed by atoms with E-state index in [2.05, 4.69) is 32.4 Å². The number of thiophene rings is 1. The predicted octanol–water partition coefficient (Wildman–Crippen LogP) is 2.14. The molecule has 2 heterocycles. The largest absolute Gasteiger partial charge is 0.334 e. The summed E-state index contributed by atoms with van der Waals surface area (Å²) in [7, 11) is 0. The molecule has 0 aliphatic carbocycles. The molecule has 0 radical (unpaired) electrons. The molecule has 0 spiro atoms. The molecule has 2 rings (SSSR count). The third kappa shape index (κ3) is 6.09. The molecule has 0 unspecified atom stereocenters. The normalized spacial score (nSPS) is 10.6. The van der Waals surface area contributed by atoms with Crippen LogP contribution in [0.2, 0.25) is 0 Å². The van der Waals surface area contributed by atoms with Crippen molar-refractivity contribution in [2.75, 3.05) is 12.3 Å². The van der Waals surface area contributed by atoms with Crippen LogP contribution in [-0.4, -0.2) is 39.4 Å². The lowest BCUT2D eigenvalue weighted by atomic mass is 10.4. The van der Waals surface area contributed by atoms with Crippen LogP contribution >= 0.6 is 23.1 Å². The number of carbonyl (C=O) groups is 2. The summed E-state index contributed by atoms with van der Waals surface area (Å²) in [6.45, 7) is 3.76. The summed E-state index contributed by atoms with van der Waals surface area (Å²) in [5.74, 6) is 0.232. The Bertz CT molecular complexity index is 694. The fraction of sp³-hybridized carbons (Fsp3) is 0.143. The van der Waals surface area contributed by atoms with Crippen LogP contribution in [0.1, 0.15) is 10.7 Å². The summed E-state index contributed by atoms with van der Waals surface area (Å²) in [5.41, 5.74) is 0. The number of hydrogen-bond donors (Lipinski definition) is 3. The lowest BCUT2D eigenvalue weighted by Crippen LogP contribution is -2.40. The minimum atomic E-state index is -0.551. The number of imide groups is 1.